The maximum atomic E-state index is 14.0. The number of amides is 1. The highest BCUT2D eigenvalue weighted by atomic mass is 19.1. The summed E-state index contributed by atoms with van der Waals surface area (Å²) in [6.45, 7) is 4.41. The first-order valence-electron chi connectivity index (χ1n) is 5.93. The molecule has 4 nitrogen and oxygen atoms in total. The highest BCUT2D eigenvalue weighted by molar-refractivity contribution is 5.79. The van der Waals surface area contributed by atoms with Crippen LogP contribution in [-0.2, 0) is 11.3 Å². The third-order valence-electron chi connectivity index (χ3n) is 2.65. The molecule has 0 aromatic heterocycles. The number of halogens is 1. The molecule has 0 aliphatic heterocycles. The predicted octanol–water partition coefficient (Wildman–Crippen LogP) is 1.25. The molecule has 0 radical (unpaired) electrons. The summed E-state index contributed by atoms with van der Waals surface area (Å²) >= 11 is 0. The summed E-state index contributed by atoms with van der Waals surface area (Å²) in [6, 6.07) is 5.00. The van der Waals surface area contributed by atoms with Gasteiger partial charge in [0.2, 0.25) is 5.91 Å². The first-order chi connectivity index (χ1) is 8.45. The number of hydrogen-bond donors (Lipinski definition) is 2. The lowest BCUT2D eigenvalue weighted by molar-refractivity contribution is -0.116. The molecule has 0 fully saturated rings. The van der Waals surface area contributed by atoms with Gasteiger partial charge in [0.15, 0.2) is 0 Å². The molecule has 0 aliphatic rings. The van der Waals surface area contributed by atoms with Gasteiger partial charge in [0.25, 0.3) is 0 Å². The molecule has 0 bridgehead atoms. The van der Waals surface area contributed by atoms with E-state index >= 15 is 0 Å². The molecule has 0 saturated heterocycles. The maximum absolute atomic E-state index is 14.0. The van der Waals surface area contributed by atoms with E-state index in [4.69, 9.17) is 5.73 Å². The average molecular weight is 253 g/mol. The first kappa shape index (κ1) is 14.4. The zero-order chi connectivity index (χ0) is 13.7. The molecule has 0 aliphatic carbocycles. The predicted molar refractivity (Wildman–Crippen MR) is 70.8 cm³/mol. The van der Waals surface area contributed by atoms with Crippen molar-refractivity contribution in [3.8, 4) is 0 Å². The summed E-state index contributed by atoms with van der Waals surface area (Å²) in [5.41, 5.74) is 6.45. The highest BCUT2D eigenvalue weighted by Crippen LogP contribution is 2.22. The molecule has 0 atom stereocenters. The van der Waals surface area contributed by atoms with E-state index in [-0.39, 0.29) is 18.4 Å². The van der Waals surface area contributed by atoms with Gasteiger partial charge in [0.05, 0.1) is 12.2 Å². The number of rotatable bonds is 6. The number of anilines is 1. The van der Waals surface area contributed by atoms with Crippen LogP contribution in [0.2, 0.25) is 0 Å². The van der Waals surface area contributed by atoms with Crippen molar-refractivity contribution >= 4 is 11.6 Å². The maximum Gasteiger partial charge on any atom is 0.236 e. The number of nitrogens with two attached hydrogens (primary N) is 1. The Kier molecular flexibility index (Phi) is 5.09. The molecule has 1 aromatic rings. The van der Waals surface area contributed by atoms with Crippen LogP contribution < -0.4 is 16.0 Å². The molecule has 1 rings (SSSR count). The molecule has 3 N–H and O–H groups in total. The molecule has 1 amide bonds. The smallest absolute Gasteiger partial charge is 0.236 e. The molecule has 18 heavy (non-hydrogen) atoms. The standard InChI is InChI=1S/C13H20FN3O/c1-9(2)17(8-13(15)18)12-5-4-10(7-16-3)6-11(12)14/h4-6,9,16H,7-8H2,1-3H3,(H2,15,18). The van der Waals surface area contributed by atoms with E-state index in [2.05, 4.69) is 5.32 Å². The van der Waals surface area contributed by atoms with Crippen molar-refractivity contribution in [2.24, 2.45) is 5.73 Å². The zero-order valence-corrected chi connectivity index (χ0v) is 11.0. The van der Waals surface area contributed by atoms with Gasteiger partial charge in [0, 0.05) is 12.6 Å². The minimum atomic E-state index is -0.470. The van der Waals surface area contributed by atoms with E-state index in [0.29, 0.717) is 12.2 Å². The van der Waals surface area contributed by atoms with Gasteiger partial charge in [-0.15, -0.1) is 0 Å². The molecule has 0 saturated carbocycles. The second-order valence-electron chi connectivity index (χ2n) is 4.50. The van der Waals surface area contributed by atoms with Crippen LogP contribution in [-0.4, -0.2) is 25.5 Å². The number of hydrogen-bond acceptors (Lipinski definition) is 3. The van der Waals surface area contributed by atoms with Crippen LogP contribution in [0.5, 0.6) is 0 Å². The quantitative estimate of drug-likeness (QED) is 0.802. The van der Waals surface area contributed by atoms with Crippen molar-refractivity contribution in [3.63, 3.8) is 0 Å². The number of nitrogens with zero attached hydrogens (tertiary/aromatic N) is 1. The Morgan fingerprint density at radius 3 is 2.61 bits per heavy atom. The molecular weight excluding hydrogens is 233 g/mol. The van der Waals surface area contributed by atoms with Gasteiger partial charge in [-0.05, 0) is 38.6 Å². The molecule has 0 spiro atoms. The molecule has 1 aromatic carbocycles. The van der Waals surface area contributed by atoms with Crippen LogP contribution in [0.1, 0.15) is 19.4 Å². The van der Waals surface area contributed by atoms with Crippen LogP contribution in [0.25, 0.3) is 0 Å². The summed E-state index contributed by atoms with van der Waals surface area (Å²) in [7, 11) is 1.80. The fraction of sp³-hybridized carbons (Fsp3) is 0.462. The number of primary amides is 1. The van der Waals surface area contributed by atoms with Crippen molar-refractivity contribution in [2.75, 3.05) is 18.5 Å². The Morgan fingerprint density at radius 1 is 1.50 bits per heavy atom. The summed E-state index contributed by atoms with van der Waals surface area (Å²) in [4.78, 5) is 12.7. The summed E-state index contributed by atoms with van der Waals surface area (Å²) in [5, 5.41) is 2.96. The fourth-order valence-corrected chi connectivity index (χ4v) is 1.81. The number of carbonyl (C=O) groups excluding carboxylic acids is 1. The van der Waals surface area contributed by atoms with Gasteiger partial charge in [0.1, 0.15) is 5.82 Å². The minimum absolute atomic E-state index is 0.00199. The Bertz CT molecular complexity index is 421. The van der Waals surface area contributed by atoms with Gasteiger partial charge in [-0.25, -0.2) is 4.39 Å². The highest BCUT2D eigenvalue weighted by Gasteiger charge is 2.17. The number of carbonyl (C=O) groups is 1. The van der Waals surface area contributed by atoms with Crippen LogP contribution in [0.15, 0.2) is 18.2 Å². The third-order valence-corrected chi connectivity index (χ3v) is 2.65. The third kappa shape index (κ3) is 3.70. The van der Waals surface area contributed by atoms with Crippen molar-refractivity contribution in [1.82, 2.24) is 5.32 Å². The monoisotopic (exact) mass is 253 g/mol. The van der Waals surface area contributed by atoms with Crippen molar-refractivity contribution in [1.29, 1.82) is 0 Å². The van der Waals surface area contributed by atoms with Crippen molar-refractivity contribution in [2.45, 2.75) is 26.4 Å². The number of nitrogens with one attached hydrogen (secondary N) is 1. The largest absolute Gasteiger partial charge is 0.368 e. The Hall–Kier alpha value is -1.62. The van der Waals surface area contributed by atoms with E-state index in [1.165, 1.54) is 6.07 Å². The Morgan fingerprint density at radius 2 is 2.17 bits per heavy atom. The molecule has 100 valence electrons. The SMILES string of the molecule is CNCc1ccc(N(CC(N)=O)C(C)C)c(F)c1. The van der Waals surface area contributed by atoms with E-state index in [0.717, 1.165) is 5.56 Å². The lowest BCUT2D eigenvalue weighted by Crippen LogP contribution is -2.39. The van der Waals surface area contributed by atoms with Crippen molar-refractivity contribution < 1.29 is 9.18 Å². The normalized spacial score (nSPS) is 10.7. The Balaban J connectivity index is 3.01. The summed E-state index contributed by atoms with van der Waals surface area (Å²) in [6.07, 6.45) is 0. The number of benzene rings is 1. The van der Waals surface area contributed by atoms with Gasteiger partial charge < -0.3 is 16.0 Å². The summed E-state index contributed by atoms with van der Waals surface area (Å²) in [5.74, 6) is -0.805. The molecule has 0 unspecified atom stereocenters. The van der Waals surface area contributed by atoms with Crippen LogP contribution in [0.3, 0.4) is 0 Å². The topological polar surface area (TPSA) is 58.4 Å². The van der Waals surface area contributed by atoms with Gasteiger partial charge in [-0.1, -0.05) is 6.07 Å². The van der Waals surface area contributed by atoms with E-state index in [1.807, 2.05) is 19.9 Å². The molecule has 5 heteroatoms. The first-order valence-corrected chi connectivity index (χ1v) is 5.93. The van der Waals surface area contributed by atoms with Gasteiger partial charge in [-0.3, -0.25) is 4.79 Å². The second kappa shape index (κ2) is 6.35. The van der Waals surface area contributed by atoms with Crippen LogP contribution in [0, 0.1) is 5.82 Å². The van der Waals surface area contributed by atoms with Gasteiger partial charge >= 0.3 is 0 Å². The molecular formula is C13H20FN3O. The van der Waals surface area contributed by atoms with Gasteiger partial charge in [-0.2, -0.15) is 0 Å². The fourth-order valence-electron chi connectivity index (χ4n) is 1.81. The lowest BCUT2D eigenvalue weighted by Gasteiger charge is -2.28. The lowest BCUT2D eigenvalue weighted by atomic mass is 10.1. The minimum Gasteiger partial charge on any atom is -0.368 e. The van der Waals surface area contributed by atoms with Crippen LogP contribution >= 0.6 is 0 Å². The average Bonchev–Trinajstić information content (AvgIpc) is 2.26. The van der Waals surface area contributed by atoms with Crippen molar-refractivity contribution in [3.05, 3.63) is 29.6 Å². The second-order valence-corrected chi connectivity index (χ2v) is 4.50. The summed E-state index contributed by atoms with van der Waals surface area (Å²) < 4.78 is 14.0. The van der Waals surface area contributed by atoms with Crippen LogP contribution in [0.4, 0.5) is 10.1 Å². The Labute approximate surface area is 107 Å². The molecule has 0 heterocycles. The van der Waals surface area contributed by atoms with E-state index in [1.54, 1.807) is 18.0 Å². The van der Waals surface area contributed by atoms with E-state index in [9.17, 15) is 9.18 Å². The zero-order valence-electron chi connectivity index (χ0n) is 11.0. The van der Waals surface area contributed by atoms with E-state index < -0.39 is 5.91 Å².